The van der Waals surface area contributed by atoms with Gasteiger partial charge < -0.3 is 15.2 Å². The van der Waals surface area contributed by atoms with E-state index in [-0.39, 0.29) is 5.75 Å². The zero-order valence-corrected chi connectivity index (χ0v) is 12.0. The standard InChI is InChI=1S/C15H14ClF2NO2/c1-20-10-5-6-12(13(16)8-10)14(19)9-3-2-4-11(7-9)21-15(17)18/h2-8,14-15H,19H2,1H3. The highest BCUT2D eigenvalue weighted by Crippen LogP contribution is 2.31. The van der Waals surface area contributed by atoms with Crippen LogP contribution in [0.1, 0.15) is 17.2 Å². The van der Waals surface area contributed by atoms with E-state index in [0.29, 0.717) is 21.9 Å². The van der Waals surface area contributed by atoms with Gasteiger partial charge >= 0.3 is 6.61 Å². The molecule has 0 aliphatic rings. The van der Waals surface area contributed by atoms with Gasteiger partial charge in [-0.15, -0.1) is 0 Å². The molecule has 0 radical (unpaired) electrons. The van der Waals surface area contributed by atoms with Gasteiger partial charge in [0.2, 0.25) is 0 Å². The van der Waals surface area contributed by atoms with Crippen LogP contribution in [0.25, 0.3) is 0 Å². The number of rotatable bonds is 5. The Bertz CT molecular complexity index is 622. The first kappa shape index (κ1) is 15.5. The zero-order chi connectivity index (χ0) is 15.4. The Morgan fingerprint density at radius 2 is 1.86 bits per heavy atom. The normalized spacial score (nSPS) is 12.3. The molecule has 0 saturated carbocycles. The van der Waals surface area contributed by atoms with Crippen molar-refractivity contribution in [2.45, 2.75) is 12.7 Å². The van der Waals surface area contributed by atoms with Crippen molar-refractivity contribution in [3.05, 3.63) is 58.6 Å². The van der Waals surface area contributed by atoms with Gasteiger partial charge in [0.25, 0.3) is 0 Å². The number of hydrogen-bond donors (Lipinski definition) is 1. The number of nitrogens with two attached hydrogens (primary N) is 1. The Balaban J connectivity index is 2.29. The van der Waals surface area contributed by atoms with Gasteiger partial charge in [-0.2, -0.15) is 8.78 Å². The second-order valence-electron chi connectivity index (χ2n) is 4.32. The van der Waals surface area contributed by atoms with Gasteiger partial charge in [0.1, 0.15) is 11.5 Å². The van der Waals surface area contributed by atoms with Gasteiger partial charge in [0.15, 0.2) is 0 Å². The van der Waals surface area contributed by atoms with Gasteiger partial charge in [0.05, 0.1) is 13.2 Å². The Hall–Kier alpha value is -1.85. The number of alkyl halides is 2. The van der Waals surface area contributed by atoms with Crippen molar-refractivity contribution in [3.8, 4) is 11.5 Å². The molecule has 2 aromatic carbocycles. The fourth-order valence-electron chi connectivity index (χ4n) is 1.95. The minimum atomic E-state index is -2.87. The molecule has 1 atom stereocenters. The van der Waals surface area contributed by atoms with E-state index in [4.69, 9.17) is 22.1 Å². The van der Waals surface area contributed by atoms with E-state index in [2.05, 4.69) is 4.74 Å². The summed E-state index contributed by atoms with van der Waals surface area (Å²) in [4.78, 5) is 0. The first-order valence-corrected chi connectivity index (χ1v) is 6.53. The number of halogens is 3. The molecule has 0 heterocycles. The average Bonchev–Trinajstić information content (AvgIpc) is 2.46. The number of ether oxygens (including phenoxy) is 2. The fraction of sp³-hybridized carbons (Fsp3) is 0.200. The minimum absolute atomic E-state index is 0.0579. The van der Waals surface area contributed by atoms with Crippen molar-refractivity contribution in [2.24, 2.45) is 5.73 Å². The van der Waals surface area contributed by atoms with Gasteiger partial charge in [-0.05, 0) is 35.4 Å². The van der Waals surface area contributed by atoms with Crippen molar-refractivity contribution in [2.75, 3.05) is 7.11 Å². The summed E-state index contributed by atoms with van der Waals surface area (Å²) in [6.07, 6.45) is 0. The predicted octanol–water partition coefficient (Wildman–Crippen LogP) is 4.00. The highest BCUT2D eigenvalue weighted by Gasteiger charge is 2.14. The summed E-state index contributed by atoms with van der Waals surface area (Å²) in [6, 6.07) is 10.8. The lowest BCUT2D eigenvalue weighted by Gasteiger charge is -2.16. The molecule has 0 aliphatic heterocycles. The fourth-order valence-corrected chi connectivity index (χ4v) is 2.24. The van der Waals surface area contributed by atoms with Crippen LogP contribution >= 0.6 is 11.6 Å². The minimum Gasteiger partial charge on any atom is -0.497 e. The van der Waals surface area contributed by atoms with Crippen molar-refractivity contribution >= 4 is 11.6 Å². The Labute approximate surface area is 126 Å². The van der Waals surface area contributed by atoms with Crippen LogP contribution in [0, 0.1) is 0 Å². The number of methoxy groups -OCH3 is 1. The van der Waals surface area contributed by atoms with Crippen molar-refractivity contribution in [1.29, 1.82) is 0 Å². The van der Waals surface area contributed by atoms with Crippen LogP contribution in [0.4, 0.5) is 8.78 Å². The molecule has 2 aromatic rings. The maximum absolute atomic E-state index is 12.2. The molecule has 0 aromatic heterocycles. The molecule has 1 unspecified atom stereocenters. The predicted molar refractivity (Wildman–Crippen MR) is 77.1 cm³/mol. The van der Waals surface area contributed by atoms with Crippen molar-refractivity contribution in [3.63, 3.8) is 0 Å². The van der Waals surface area contributed by atoms with Gasteiger partial charge in [-0.3, -0.25) is 0 Å². The smallest absolute Gasteiger partial charge is 0.387 e. The van der Waals surface area contributed by atoms with Crippen molar-refractivity contribution in [1.82, 2.24) is 0 Å². The summed E-state index contributed by atoms with van der Waals surface area (Å²) >= 11 is 6.17. The summed E-state index contributed by atoms with van der Waals surface area (Å²) < 4.78 is 33.9. The monoisotopic (exact) mass is 313 g/mol. The Kier molecular flexibility index (Phi) is 4.98. The molecule has 112 valence electrons. The molecular weight excluding hydrogens is 300 g/mol. The second-order valence-corrected chi connectivity index (χ2v) is 4.72. The van der Waals surface area contributed by atoms with Crippen LogP contribution in [0.15, 0.2) is 42.5 Å². The Morgan fingerprint density at radius 1 is 1.10 bits per heavy atom. The molecule has 2 N–H and O–H groups in total. The van der Waals surface area contributed by atoms with Crippen LogP contribution in [-0.4, -0.2) is 13.7 Å². The molecule has 2 rings (SSSR count). The van der Waals surface area contributed by atoms with E-state index in [1.54, 1.807) is 30.3 Å². The molecular formula is C15H14ClF2NO2. The quantitative estimate of drug-likeness (QED) is 0.907. The lowest BCUT2D eigenvalue weighted by molar-refractivity contribution is -0.0498. The molecule has 0 bridgehead atoms. The first-order valence-electron chi connectivity index (χ1n) is 6.15. The number of benzene rings is 2. The molecule has 0 aliphatic carbocycles. The van der Waals surface area contributed by atoms with Crippen LogP contribution < -0.4 is 15.2 Å². The van der Waals surface area contributed by atoms with Crippen LogP contribution in [0.5, 0.6) is 11.5 Å². The summed E-state index contributed by atoms with van der Waals surface area (Å²) in [5.41, 5.74) is 7.44. The lowest BCUT2D eigenvalue weighted by Crippen LogP contribution is -2.13. The molecule has 0 fully saturated rings. The number of hydrogen-bond acceptors (Lipinski definition) is 3. The SMILES string of the molecule is COc1ccc(C(N)c2cccc(OC(F)F)c2)c(Cl)c1. The van der Waals surface area contributed by atoms with E-state index < -0.39 is 12.7 Å². The summed E-state index contributed by atoms with van der Waals surface area (Å²) in [7, 11) is 1.54. The third-order valence-electron chi connectivity index (χ3n) is 2.99. The van der Waals surface area contributed by atoms with Crippen LogP contribution in [0.3, 0.4) is 0 Å². The van der Waals surface area contributed by atoms with E-state index >= 15 is 0 Å². The molecule has 21 heavy (non-hydrogen) atoms. The Morgan fingerprint density at radius 3 is 2.48 bits per heavy atom. The zero-order valence-electron chi connectivity index (χ0n) is 11.2. The van der Waals surface area contributed by atoms with Crippen LogP contribution in [0.2, 0.25) is 5.02 Å². The van der Waals surface area contributed by atoms with E-state index in [1.165, 1.54) is 19.2 Å². The molecule has 3 nitrogen and oxygen atoms in total. The van der Waals surface area contributed by atoms with Gasteiger partial charge in [0, 0.05) is 5.02 Å². The van der Waals surface area contributed by atoms with E-state index in [1.807, 2.05) is 0 Å². The molecule has 0 saturated heterocycles. The average molecular weight is 314 g/mol. The highest BCUT2D eigenvalue weighted by atomic mass is 35.5. The largest absolute Gasteiger partial charge is 0.497 e. The van der Waals surface area contributed by atoms with Gasteiger partial charge in [-0.1, -0.05) is 29.8 Å². The van der Waals surface area contributed by atoms with Gasteiger partial charge in [-0.25, -0.2) is 0 Å². The summed E-state index contributed by atoms with van der Waals surface area (Å²) in [5, 5.41) is 0.446. The maximum atomic E-state index is 12.2. The van der Waals surface area contributed by atoms with E-state index in [9.17, 15) is 8.78 Å². The third kappa shape index (κ3) is 3.83. The topological polar surface area (TPSA) is 44.5 Å². The third-order valence-corrected chi connectivity index (χ3v) is 3.31. The second kappa shape index (κ2) is 6.74. The maximum Gasteiger partial charge on any atom is 0.387 e. The van der Waals surface area contributed by atoms with E-state index in [0.717, 1.165) is 0 Å². The first-order chi connectivity index (χ1) is 10.0. The summed E-state index contributed by atoms with van der Waals surface area (Å²) in [5.74, 6) is 0.674. The highest BCUT2D eigenvalue weighted by molar-refractivity contribution is 6.31. The molecule has 0 amide bonds. The molecule has 0 spiro atoms. The van der Waals surface area contributed by atoms with Crippen LogP contribution in [-0.2, 0) is 0 Å². The summed E-state index contributed by atoms with van der Waals surface area (Å²) in [6.45, 7) is -2.87. The lowest BCUT2D eigenvalue weighted by atomic mass is 9.99. The molecule has 6 heteroatoms. The van der Waals surface area contributed by atoms with Crippen molar-refractivity contribution < 1.29 is 18.3 Å².